The molecule has 0 bridgehead atoms. The Labute approximate surface area is 183 Å². The van der Waals surface area contributed by atoms with Crippen molar-refractivity contribution in [3.05, 3.63) is 48.5 Å². The summed E-state index contributed by atoms with van der Waals surface area (Å²) < 4.78 is 42.9. The minimum Gasteiger partial charge on any atom is -0.497 e. The number of carbonyl (C=O) groups is 1. The molecule has 1 fully saturated rings. The summed E-state index contributed by atoms with van der Waals surface area (Å²) in [7, 11) is -1.85. The summed E-state index contributed by atoms with van der Waals surface area (Å²) in [5.41, 5.74) is 0. The summed E-state index contributed by atoms with van der Waals surface area (Å²) >= 11 is 0. The van der Waals surface area contributed by atoms with Crippen LogP contribution in [0.3, 0.4) is 0 Å². The van der Waals surface area contributed by atoms with Gasteiger partial charge < -0.3 is 19.5 Å². The predicted octanol–water partition coefficient (Wildman–Crippen LogP) is 2.44. The third kappa shape index (κ3) is 6.11. The van der Waals surface area contributed by atoms with Crippen LogP contribution in [0.2, 0.25) is 0 Å². The first-order chi connectivity index (χ1) is 14.9. The number of methoxy groups -OCH3 is 1. The van der Waals surface area contributed by atoms with Crippen molar-refractivity contribution in [2.45, 2.75) is 30.8 Å². The zero-order valence-corrected chi connectivity index (χ0v) is 18.6. The number of hydrogen-bond acceptors (Lipinski definition) is 6. The van der Waals surface area contributed by atoms with Gasteiger partial charge in [0.1, 0.15) is 23.9 Å². The summed E-state index contributed by atoms with van der Waals surface area (Å²) in [4.78, 5) is 12.4. The molecule has 1 atom stereocenters. The van der Waals surface area contributed by atoms with E-state index in [1.165, 1.54) is 4.31 Å². The topological polar surface area (TPSA) is 94.2 Å². The largest absolute Gasteiger partial charge is 0.497 e. The Bertz CT molecular complexity index is 955. The molecule has 0 aromatic heterocycles. The average molecular weight is 449 g/mol. The molecule has 3 rings (SSSR count). The van der Waals surface area contributed by atoms with Crippen LogP contribution in [0.5, 0.6) is 17.2 Å². The van der Waals surface area contributed by atoms with Crippen LogP contribution in [0.1, 0.15) is 19.8 Å². The van der Waals surface area contributed by atoms with Crippen molar-refractivity contribution >= 4 is 15.9 Å². The van der Waals surface area contributed by atoms with Crippen molar-refractivity contribution in [3.63, 3.8) is 0 Å². The second-order valence-electron chi connectivity index (χ2n) is 7.16. The fraction of sp³-hybridized carbons (Fsp3) is 0.409. The van der Waals surface area contributed by atoms with E-state index in [-0.39, 0.29) is 17.4 Å². The number of sulfonamides is 1. The molecule has 1 aliphatic rings. The summed E-state index contributed by atoms with van der Waals surface area (Å²) in [6, 6.07) is 13.3. The molecule has 1 saturated heterocycles. The number of nitrogens with zero attached hydrogens (tertiary/aromatic N) is 1. The molecule has 1 unspecified atom stereocenters. The molecule has 0 spiro atoms. The molecule has 9 heteroatoms. The Morgan fingerprint density at radius 2 is 1.58 bits per heavy atom. The number of rotatable bonds is 10. The third-order valence-corrected chi connectivity index (χ3v) is 6.85. The van der Waals surface area contributed by atoms with E-state index in [4.69, 9.17) is 14.2 Å². The first kappa shape index (κ1) is 22.9. The summed E-state index contributed by atoms with van der Waals surface area (Å²) in [5.74, 6) is 1.57. The van der Waals surface area contributed by atoms with Crippen molar-refractivity contribution in [1.29, 1.82) is 0 Å². The molecule has 2 aromatic rings. The normalized spacial score (nSPS) is 15.3. The monoisotopic (exact) mass is 448 g/mol. The second-order valence-corrected chi connectivity index (χ2v) is 9.10. The molecule has 0 saturated carbocycles. The number of benzene rings is 2. The van der Waals surface area contributed by atoms with E-state index in [0.717, 1.165) is 12.8 Å². The molecule has 31 heavy (non-hydrogen) atoms. The lowest BCUT2D eigenvalue weighted by Crippen LogP contribution is -2.38. The maximum Gasteiger partial charge on any atom is 0.260 e. The van der Waals surface area contributed by atoms with Crippen LogP contribution in [0.25, 0.3) is 0 Å². The van der Waals surface area contributed by atoms with Crippen LogP contribution >= 0.6 is 0 Å². The Hall–Kier alpha value is -2.78. The van der Waals surface area contributed by atoms with Gasteiger partial charge >= 0.3 is 0 Å². The maximum atomic E-state index is 12.5. The SMILES string of the molecule is COc1ccc(OC(C)C(=O)NCCOc2ccc(S(=O)(=O)N3CCCC3)cc2)cc1. The van der Waals surface area contributed by atoms with Crippen LogP contribution in [-0.4, -0.2) is 58.1 Å². The molecule has 0 aliphatic carbocycles. The van der Waals surface area contributed by atoms with Crippen molar-refractivity contribution in [2.24, 2.45) is 0 Å². The van der Waals surface area contributed by atoms with Crippen molar-refractivity contribution in [1.82, 2.24) is 9.62 Å². The molecule has 1 N–H and O–H groups in total. The fourth-order valence-corrected chi connectivity index (χ4v) is 4.70. The number of ether oxygens (including phenoxy) is 3. The highest BCUT2D eigenvalue weighted by Crippen LogP contribution is 2.23. The van der Waals surface area contributed by atoms with Gasteiger partial charge in [0.05, 0.1) is 18.6 Å². The molecule has 2 aromatic carbocycles. The Morgan fingerprint density at radius 3 is 2.19 bits per heavy atom. The van der Waals surface area contributed by atoms with Gasteiger partial charge in [-0.3, -0.25) is 4.79 Å². The second kappa shape index (κ2) is 10.5. The number of hydrogen-bond donors (Lipinski definition) is 1. The smallest absolute Gasteiger partial charge is 0.260 e. The molecule has 1 amide bonds. The maximum absolute atomic E-state index is 12.5. The van der Waals surface area contributed by atoms with Crippen molar-refractivity contribution in [2.75, 3.05) is 33.4 Å². The molecule has 1 aliphatic heterocycles. The van der Waals surface area contributed by atoms with E-state index >= 15 is 0 Å². The van der Waals surface area contributed by atoms with Gasteiger partial charge in [0.15, 0.2) is 6.10 Å². The third-order valence-electron chi connectivity index (χ3n) is 4.94. The molecule has 168 valence electrons. The molecule has 8 nitrogen and oxygen atoms in total. The highest BCUT2D eigenvalue weighted by atomic mass is 32.2. The van der Waals surface area contributed by atoms with E-state index < -0.39 is 16.1 Å². The predicted molar refractivity (Wildman–Crippen MR) is 116 cm³/mol. The Kier molecular flexibility index (Phi) is 7.75. The molecule has 1 heterocycles. The lowest BCUT2D eigenvalue weighted by Gasteiger charge is -2.16. The summed E-state index contributed by atoms with van der Waals surface area (Å²) in [6.45, 7) is 3.35. The van der Waals surface area contributed by atoms with E-state index in [1.54, 1.807) is 62.6 Å². The highest BCUT2D eigenvalue weighted by molar-refractivity contribution is 7.89. The van der Waals surface area contributed by atoms with Gasteiger partial charge in [0.25, 0.3) is 5.91 Å². The minimum absolute atomic E-state index is 0.249. The first-order valence-electron chi connectivity index (χ1n) is 10.2. The zero-order valence-electron chi connectivity index (χ0n) is 17.7. The van der Waals surface area contributed by atoms with Crippen LogP contribution in [-0.2, 0) is 14.8 Å². The van der Waals surface area contributed by atoms with Gasteiger partial charge in [-0.2, -0.15) is 4.31 Å². The summed E-state index contributed by atoms with van der Waals surface area (Å²) in [6.07, 6.45) is 1.13. The van der Waals surface area contributed by atoms with Gasteiger partial charge in [0.2, 0.25) is 10.0 Å². The zero-order chi connectivity index (χ0) is 22.3. The van der Waals surface area contributed by atoms with Gasteiger partial charge in [-0.1, -0.05) is 0 Å². The molecular formula is C22H28N2O6S. The van der Waals surface area contributed by atoms with Gasteiger partial charge in [0, 0.05) is 13.1 Å². The average Bonchev–Trinajstić information content (AvgIpc) is 3.33. The Balaban J connectivity index is 1.41. The van der Waals surface area contributed by atoms with Gasteiger partial charge in [-0.05, 0) is 68.3 Å². The van der Waals surface area contributed by atoms with Crippen molar-refractivity contribution in [3.8, 4) is 17.2 Å². The van der Waals surface area contributed by atoms with E-state index in [1.807, 2.05) is 0 Å². The first-order valence-corrected chi connectivity index (χ1v) is 11.7. The van der Waals surface area contributed by atoms with Crippen LogP contribution in [0.4, 0.5) is 0 Å². The van der Waals surface area contributed by atoms with Gasteiger partial charge in [-0.15, -0.1) is 0 Å². The minimum atomic E-state index is -3.43. The van der Waals surface area contributed by atoms with Crippen molar-refractivity contribution < 1.29 is 27.4 Å². The Morgan fingerprint density at radius 1 is 1.00 bits per heavy atom. The highest BCUT2D eigenvalue weighted by Gasteiger charge is 2.26. The van der Waals surface area contributed by atoms with Gasteiger partial charge in [-0.25, -0.2) is 8.42 Å². The summed E-state index contributed by atoms with van der Waals surface area (Å²) in [5, 5.41) is 2.75. The quantitative estimate of drug-likeness (QED) is 0.561. The lowest BCUT2D eigenvalue weighted by molar-refractivity contribution is -0.127. The number of carbonyl (C=O) groups excluding carboxylic acids is 1. The molecular weight excluding hydrogens is 420 g/mol. The van der Waals surface area contributed by atoms with E-state index in [9.17, 15) is 13.2 Å². The van der Waals surface area contributed by atoms with E-state index in [0.29, 0.717) is 36.9 Å². The van der Waals surface area contributed by atoms with E-state index in [2.05, 4.69) is 5.32 Å². The number of amides is 1. The lowest BCUT2D eigenvalue weighted by atomic mass is 10.3. The van der Waals surface area contributed by atoms with Crippen LogP contribution < -0.4 is 19.5 Å². The fourth-order valence-electron chi connectivity index (χ4n) is 3.18. The molecule has 0 radical (unpaired) electrons. The standard InChI is InChI=1S/C22H28N2O6S/c1-17(30-20-7-5-18(28-2)6-8-20)22(25)23-13-16-29-19-9-11-21(12-10-19)31(26,27)24-14-3-4-15-24/h5-12,17H,3-4,13-16H2,1-2H3,(H,23,25). The van der Waals surface area contributed by atoms with Crippen LogP contribution in [0.15, 0.2) is 53.4 Å². The van der Waals surface area contributed by atoms with Crippen LogP contribution in [0, 0.1) is 0 Å². The number of nitrogens with one attached hydrogen (secondary N) is 1.